The molecule has 0 aliphatic rings. The number of carboxylic acids is 1. The number of rotatable bonds is 6. The molecule has 1 aromatic rings. The van der Waals surface area contributed by atoms with Crippen molar-refractivity contribution in [3.63, 3.8) is 0 Å². The fraction of sp³-hybridized carbons (Fsp3) is 0.417. The molecule has 0 spiro atoms. The number of halogens is 1. The Kier molecular flexibility index (Phi) is 5.25. The molecule has 0 aliphatic carbocycles. The highest BCUT2D eigenvalue weighted by molar-refractivity contribution is 6.31. The fourth-order valence-corrected chi connectivity index (χ4v) is 1.56. The van der Waals surface area contributed by atoms with Gasteiger partial charge in [0.15, 0.2) is 0 Å². The summed E-state index contributed by atoms with van der Waals surface area (Å²) in [5, 5.41) is 12.6. The zero-order valence-corrected chi connectivity index (χ0v) is 10.8. The Labute approximate surface area is 106 Å². The number of carboxylic acid groups (broad SMARTS) is 1. The standard InChI is InChI=1S/C12H17ClN2O2/c1-3-15(2)7-6-14-11-8-9(13)4-5-10(11)12(16)17/h4-5,8,14H,3,6-7H2,1-2H3,(H,16,17). The zero-order valence-electron chi connectivity index (χ0n) is 10.0. The largest absolute Gasteiger partial charge is 0.478 e. The van der Waals surface area contributed by atoms with Crippen LogP contribution >= 0.6 is 11.6 Å². The molecule has 1 rings (SSSR count). The Bertz CT molecular complexity index is 396. The van der Waals surface area contributed by atoms with Gasteiger partial charge in [-0.3, -0.25) is 0 Å². The smallest absolute Gasteiger partial charge is 0.337 e. The van der Waals surface area contributed by atoms with Gasteiger partial charge in [0.1, 0.15) is 0 Å². The maximum absolute atomic E-state index is 11.0. The van der Waals surface area contributed by atoms with E-state index in [0.717, 1.165) is 13.1 Å². The van der Waals surface area contributed by atoms with Gasteiger partial charge in [0.2, 0.25) is 0 Å². The predicted molar refractivity (Wildman–Crippen MR) is 70.1 cm³/mol. The van der Waals surface area contributed by atoms with Gasteiger partial charge in [-0.15, -0.1) is 0 Å². The highest BCUT2D eigenvalue weighted by Gasteiger charge is 2.09. The van der Waals surface area contributed by atoms with Crippen molar-refractivity contribution in [2.45, 2.75) is 6.92 Å². The second-order valence-corrected chi connectivity index (χ2v) is 4.25. The number of hydrogen-bond donors (Lipinski definition) is 2. The molecule has 0 saturated carbocycles. The van der Waals surface area contributed by atoms with Crippen LogP contribution < -0.4 is 5.32 Å². The van der Waals surface area contributed by atoms with Gasteiger partial charge >= 0.3 is 5.97 Å². The molecule has 5 heteroatoms. The Balaban J connectivity index is 2.68. The van der Waals surface area contributed by atoms with Crippen LogP contribution in [0.1, 0.15) is 17.3 Å². The van der Waals surface area contributed by atoms with Crippen LogP contribution in [0, 0.1) is 0 Å². The van der Waals surface area contributed by atoms with E-state index in [4.69, 9.17) is 16.7 Å². The van der Waals surface area contributed by atoms with Crippen LogP contribution in [0.15, 0.2) is 18.2 Å². The van der Waals surface area contributed by atoms with Crippen LogP contribution in [0.4, 0.5) is 5.69 Å². The Morgan fingerprint density at radius 1 is 1.53 bits per heavy atom. The molecular weight excluding hydrogens is 240 g/mol. The summed E-state index contributed by atoms with van der Waals surface area (Å²) in [5.41, 5.74) is 0.808. The van der Waals surface area contributed by atoms with Crippen molar-refractivity contribution in [1.29, 1.82) is 0 Å². The molecule has 0 saturated heterocycles. The quantitative estimate of drug-likeness (QED) is 0.821. The SMILES string of the molecule is CCN(C)CCNc1cc(Cl)ccc1C(=O)O. The van der Waals surface area contributed by atoms with E-state index >= 15 is 0 Å². The molecule has 0 bridgehead atoms. The molecule has 0 amide bonds. The van der Waals surface area contributed by atoms with E-state index in [-0.39, 0.29) is 5.56 Å². The lowest BCUT2D eigenvalue weighted by Gasteiger charge is -2.15. The van der Waals surface area contributed by atoms with E-state index in [9.17, 15) is 4.79 Å². The van der Waals surface area contributed by atoms with Gasteiger partial charge in [0.05, 0.1) is 11.3 Å². The summed E-state index contributed by atoms with van der Waals surface area (Å²) < 4.78 is 0. The number of aromatic carboxylic acids is 1. The lowest BCUT2D eigenvalue weighted by molar-refractivity contribution is 0.0698. The van der Waals surface area contributed by atoms with Crippen LogP contribution in [0.3, 0.4) is 0 Å². The molecule has 0 radical (unpaired) electrons. The van der Waals surface area contributed by atoms with Gasteiger partial charge in [0, 0.05) is 18.1 Å². The second kappa shape index (κ2) is 6.47. The van der Waals surface area contributed by atoms with Crippen molar-refractivity contribution in [2.24, 2.45) is 0 Å². The van der Waals surface area contributed by atoms with Crippen molar-refractivity contribution < 1.29 is 9.90 Å². The van der Waals surface area contributed by atoms with Gasteiger partial charge < -0.3 is 15.3 Å². The van der Waals surface area contributed by atoms with Crippen molar-refractivity contribution in [1.82, 2.24) is 4.90 Å². The summed E-state index contributed by atoms with van der Waals surface area (Å²) >= 11 is 5.85. The molecule has 2 N–H and O–H groups in total. The van der Waals surface area contributed by atoms with Crippen molar-refractivity contribution in [2.75, 3.05) is 32.0 Å². The maximum Gasteiger partial charge on any atom is 0.337 e. The fourth-order valence-electron chi connectivity index (χ4n) is 1.39. The summed E-state index contributed by atoms with van der Waals surface area (Å²) in [6, 6.07) is 4.72. The highest BCUT2D eigenvalue weighted by atomic mass is 35.5. The van der Waals surface area contributed by atoms with Crippen molar-refractivity contribution in [3.8, 4) is 0 Å². The van der Waals surface area contributed by atoms with Crippen LogP contribution in [-0.2, 0) is 0 Å². The molecule has 94 valence electrons. The first-order valence-corrected chi connectivity index (χ1v) is 5.87. The molecule has 0 atom stereocenters. The third-order valence-electron chi connectivity index (χ3n) is 2.56. The first-order chi connectivity index (χ1) is 8.04. The first kappa shape index (κ1) is 13.8. The Hall–Kier alpha value is -1.26. The number of anilines is 1. The van der Waals surface area contributed by atoms with Crippen LogP contribution in [0.2, 0.25) is 5.02 Å². The summed E-state index contributed by atoms with van der Waals surface area (Å²) in [5.74, 6) is -0.951. The predicted octanol–water partition coefficient (Wildman–Crippen LogP) is 2.40. The molecule has 0 fully saturated rings. The average molecular weight is 257 g/mol. The van der Waals surface area contributed by atoms with E-state index in [1.165, 1.54) is 6.07 Å². The second-order valence-electron chi connectivity index (χ2n) is 3.82. The molecule has 0 heterocycles. The number of hydrogen-bond acceptors (Lipinski definition) is 3. The normalized spacial score (nSPS) is 10.6. The number of nitrogens with zero attached hydrogens (tertiary/aromatic N) is 1. The minimum absolute atomic E-state index is 0.244. The summed E-state index contributed by atoms with van der Waals surface area (Å²) in [7, 11) is 2.01. The van der Waals surface area contributed by atoms with E-state index in [1.54, 1.807) is 12.1 Å². The van der Waals surface area contributed by atoms with Crippen LogP contribution in [0.25, 0.3) is 0 Å². The Morgan fingerprint density at radius 2 is 2.24 bits per heavy atom. The van der Waals surface area contributed by atoms with E-state index in [0.29, 0.717) is 17.3 Å². The molecular formula is C12H17ClN2O2. The third kappa shape index (κ3) is 4.24. The highest BCUT2D eigenvalue weighted by Crippen LogP contribution is 2.20. The lowest BCUT2D eigenvalue weighted by Crippen LogP contribution is -2.25. The summed E-state index contributed by atoms with van der Waals surface area (Å²) in [6.45, 7) is 4.57. The van der Waals surface area contributed by atoms with Gasteiger partial charge in [-0.05, 0) is 31.8 Å². The van der Waals surface area contributed by atoms with Crippen molar-refractivity contribution in [3.05, 3.63) is 28.8 Å². The monoisotopic (exact) mass is 256 g/mol. The van der Waals surface area contributed by atoms with E-state index in [2.05, 4.69) is 17.1 Å². The number of nitrogens with one attached hydrogen (secondary N) is 1. The van der Waals surface area contributed by atoms with Gasteiger partial charge in [-0.2, -0.15) is 0 Å². The van der Waals surface area contributed by atoms with Gasteiger partial charge in [-0.25, -0.2) is 4.79 Å². The van der Waals surface area contributed by atoms with Gasteiger partial charge in [0.25, 0.3) is 0 Å². The molecule has 1 aromatic carbocycles. The summed E-state index contributed by atoms with van der Waals surface area (Å²) in [4.78, 5) is 13.1. The molecule has 17 heavy (non-hydrogen) atoms. The molecule has 0 aliphatic heterocycles. The van der Waals surface area contributed by atoms with Crippen molar-refractivity contribution >= 4 is 23.3 Å². The average Bonchev–Trinajstić information content (AvgIpc) is 2.28. The number of carbonyl (C=O) groups is 1. The minimum Gasteiger partial charge on any atom is -0.478 e. The first-order valence-electron chi connectivity index (χ1n) is 5.50. The number of benzene rings is 1. The molecule has 0 aromatic heterocycles. The summed E-state index contributed by atoms with van der Waals surface area (Å²) in [6.07, 6.45) is 0. The number of likely N-dealkylation sites (N-methyl/N-ethyl adjacent to an activating group) is 1. The van der Waals surface area contributed by atoms with E-state index in [1.807, 2.05) is 7.05 Å². The van der Waals surface area contributed by atoms with Crippen LogP contribution in [0.5, 0.6) is 0 Å². The lowest BCUT2D eigenvalue weighted by atomic mass is 10.2. The van der Waals surface area contributed by atoms with Crippen LogP contribution in [-0.4, -0.2) is 42.7 Å². The molecule has 4 nitrogen and oxygen atoms in total. The third-order valence-corrected chi connectivity index (χ3v) is 2.80. The van der Waals surface area contributed by atoms with Gasteiger partial charge in [-0.1, -0.05) is 18.5 Å². The minimum atomic E-state index is -0.951. The molecule has 0 unspecified atom stereocenters. The topological polar surface area (TPSA) is 52.6 Å². The zero-order chi connectivity index (χ0) is 12.8. The maximum atomic E-state index is 11.0. The Morgan fingerprint density at radius 3 is 2.82 bits per heavy atom. The van der Waals surface area contributed by atoms with E-state index < -0.39 is 5.97 Å².